The molecular formula is C20H24FN10O9PS. The van der Waals surface area contributed by atoms with Gasteiger partial charge in [0.15, 0.2) is 41.3 Å². The van der Waals surface area contributed by atoms with E-state index in [9.17, 15) is 25.0 Å². The van der Waals surface area contributed by atoms with Gasteiger partial charge in [-0.15, -0.1) is 0 Å². The first-order valence-electron chi connectivity index (χ1n) is 12.2. The number of halogens is 1. The highest BCUT2D eigenvalue weighted by atomic mass is 32.5. The van der Waals surface area contributed by atoms with Crippen LogP contribution in [0.1, 0.15) is 12.5 Å². The van der Waals surface area contributed by atoms with E-state index < -0.39 is 74.6 Å². The van der Waals surface area contributed by atoms with E-state index >= 15 is 4.39 Å². The average molecular weight is 631 g/mol. The number of nitrogens with one attached hydrogen (secondary N) is 1. The third kappa shape index (κ3) is 4.92. The van der Waals surface area contributed by atoms with Crippen LogP contribution in [0.25, 0.3) is 22.3 Å². The maximum Gasteiger partial charge on any atom is 0.325 e. The molecule has 19 nitrogen and oxygen atoms in total. The molecular weight excluding hydrogens is 606 g/mol. The predicted molar refractivity (Wildman–Crippen MR) is 141 cm³/mol. The van der Waals surface area contributed by atoms with Crippen molar-refractivity contribution in [1.29, 1.82) is 0 Å². The van der Waals surface area contributed by atoms with Crippen molar-refractivity contribution in [2.75, 3.05) is 24.7 Å². The molecule has 9 atom stereocenters. The molecule has 2 aliphatic rings. The minimum Gasteiger partial charge on any atom is -0.394 e. The van der Waals surface area contributed by atoms with Crippen LogP contribution >= 0.6 is 6.72 Å². The molecule has 0 radical (unpaired) electrons. The average Bonchev–Trinajstić information content (AvgIpc) is 3.69. The highest BCUT2D eigenvalue weighted by Crippen LogP contribution is 2.50. The Morgan fingerprint density at radius 2 is 1.74 bits per heavy atom. The number of hydrogen-bond donors (Lipinski definition) is 7. The topological polar surface area (TPSA) is 277 Å². The lowest BCUT2D eigenvalue weighted by atomic mass is 10.1. The van der Waals surface area contributed by atoms with Gasteiger partial charge in [0.25, 0.3) is 5.56 Å². The molecule has 0 aromatic carbocycles. The standard InChI is InChI=1S/C20H24FN10O9PS/c21-8-13(6(1-32)38-18(8)30-4-26-9-14(22)24-3-25-15(9)30)40-41(36,42)37-2-7-11(33)12(34)19(39-7)31-5-27-10-16(31)28-20(23)29-17(10)35/h3-8,11-13,18-19,32-34H,1-2H2,(H,36,42)(H2,22,24,25)(H3,23,28,29,35)/t6-,7-,8-,11-,12-,13-,18-,19-,41?/m1/s1. The summed E-state index contributed by atoms with van der Waals surface area (Å²) < 4.78 is 40.1. The van der Waals surface area contributed by atoms with E-state index in [-0.39, 0.29) is 34.1 Å². The van der Waals surface area contributed by atoms with Gasteiger partial charge >= 0.3 is 6.72 Å². The van der Waals surface area contributed by atoms with Gasteiger partial charge in [0.05, 0.1) is 25.9 Å². The van der Waals surface area contributed by atoms with Crippen LogP contribution in [0.2, 0.25) is 0 Å². The van der Waals surface area contributed by atoms with Crippen LogP contribution in [0.3, 0.4) is 0 Å². The third-order valence-electron chi connectivity index (χ3n) is 6.83. The lowest BCUT2D eigenvalue weighted by Gasteiger charge is -2.25. The zero-order valence-corrected chi connectivity index (χ0v) is 22.8. The van der Waals surface area contributed by atoms with E-state index in [1.54, 1.807) is 0 Å². The summed E-state index contributed by atoms with van der Waals surface area (Å²) >= 11 is 5.06. The minimum atomic E-state index is -4.25. The van der Waals surface area contributed by atoms with Crippen molar-refractivity contribution in [3.63, 3.8) is 0 Å². The number of aromatic amines is 1. The van der Waals surface area contributed by atoms with Crippen LogP contribution in [-0.4, -0.2) is 109 Å². The van der Waals surface area contributed by atoms with Gasteiger partial charge in [-0.05, 0) is 11.8 Å². The molecule has 226 valence electrons. The number of rotatable bonds is 8. The maximum absolute atomic E-state index is 15.6. The third-order valence-corrected chi connectivity index (χ3v) is 8.39. The predicted octanol–water partition coefficient (Wildman–Crippen LogP) is -2.41. The zero-order chi connectivity index (χ0) is 29.9. The van der Waals surface area contributed by atoms with Crippen LogP contribution in [0.5, 0.6) is 0 Å². The van der Waals surface area contributed by atoms with Gasteiger partial charge in [-0.25, -0.2) is 24.3 Å². The highest BCUT2D eigenvalue weighted by molar-refractivity contribution is 8.07. The Labute approximate surface area is 238 Å². The fourth-order valence-electron chi connectivity index (χ4n) is 4.82. The van der Waals surface area contributed by atoms with E-state index in [2.05, 4.69) is 29.9 Å². The number of fused-ring (bicyclic) bond motifs is 2. The number of hydrogen-bond acceptors (Lipinski definition) is 16. The number of anilines is 2. The van der Waals surface area contributed by atoms with Gasteiger partial charge in [-0.3, -0.25) is 23.4 Å². The number of ether oxygens (including phenoxy) is 2. The van der Waals surface area contributed by atoms with Gasteiger partial charge in [0.2, 0.25) is 5.95 Å². The summed E-state index contributed by atoms with van der Waals surface area (Å²) in [5.41, 5.74) is 11.1. The molecule has 0 amide bonds. The number of nitrogens with zero attached hydrogens (tertiary/aromatic N) is 7. The smallest absolute Gasteiger partial charge is 0.325 e. The Balaban J connectivity index is 1.14. The molecule has 6 heterocycles. The first kappa shape index (κ1) is 28.9. The number of alkyl halides is 1. The molecule has 0 aliphatic carbocycles. The van der Waals surface area contributed by atoms with Gasteiger partial charge in [0, 0.05) is 0 Å². The zero-order valence-electron chi connectivity index (χ0n) is 21.1. The van der Waals surface area contributed by atoms with Crippen molar-refractivity contribution < 1.29 is 43.1 Å². The number of aliphatic hydroxyl groups excluding tert-OH is 3. The van der Waals surface area contributed by atoms with Gasteiger partial charge in [-0.1, -0.05) is 0 Å². The maximum atomic E-state index is 15.6. The van der Waals surface area contributed by atoms with Crippen molar-refractivity contribution in [2.24, 2.45) is 0 Å². The quantitative estimate of drug-likeness (QED) is 0.0998. The molecule has 2 aliphatic heterocycles. The van der Waals surface area contributed by atoms with Crippen LogP contribution < -0.4 is 17.0 Å². The summed E-state index contributed by atoms with van der Waals surface area (Å²) in [5, 5.41) is 31.0. The Hall–Kier alpha value is -3.24. The SMILES string of the molecule is Nc1nc2c(ncn2[C@@H]2O[C@H](COP(O)(=S)O[C@H]3[C@@H](F)[C@H](n4cnc5c(N)ncnc54)O[C@@H]3CO)[C@@H](O)[C@H]2O)c(=O)[nH]1. The molecule has 2 fully saturated rings. The Morgan fingerprint density at radius 3 is 2.48 bits per heavy atom. The second-order valence-corrected chi connectivity index (χ2v) is 12.2. The molecule has 1 unspecified atom stereocenters. The fraction of sp³-hybridized carbons (Fsp3) is 0.500. The van der Waals surface area contributed by atoms with Crippen molar-refractivity contribution in [3.05, 3.63) is 29.3 Å². The minimum absolute atomic E-state index is 0.00989. The summed E-state index contributed by atoms with van der Waals surface area (Å²) in [5.74, 6) is -0.138. The Morgan fingerprint density at radius 1 is 1.05 bits per heavy atom. The van der Waals surface area contributed by atoms with E-state index in [0.29, 0.717) is 0 Å². The molecule has 0 bridgehead atoms. The highest BCUT2D eigenvalue weighted by Gasteiger charge is 2.50. The summed E-state index contributed by atoms with van der Waals surface area (Å²) in [7, 11) is 0. The second kappa shape index (κ2) is 10.8. The number of aliphatic hydroxyl groups is 3. The Kier molecular flexibility index (Phi) is 7.42. The first-order chi connectivity index (χ1) is 20.0. The summed E-state index contributed by atoms with van der Waals surface area (Å²) in [6.45, 7) is -5.54. The first-order valence-corrected chi connectivity index (χ1v) is 14.8. The van der Waals surface area contributed by atoms with Crippen LogP contribution in [0.4, 0.5) is 16.2 Å². The van der Waals surface area contributed by atoms with Crippen molar-refractivity contribution in [3.8, 4) is 0 Å². The van der Waals surface area contributed by atoms with E-state index in [4.69, 9.17) is 41.8 Å². The second-order valence-electron chi connectivity index (χ2n) is 9.43. The summed E-state index contributed by atoms with van der Waals surface area (Å²) in [6.07, 6.45) is -8.26. The number of nitrogens with two attached hydrogens (primary N) is 2. The largest absolute Gasteiger partial charge is 0.394 e. The molecule has 0 saturated carbocycles. The summed E-state index contributed by atoms with van der Waals surface area (Å²) in [6, 6.07) is 0. The molecule has 9 N–H and O–H groups in total. The summed E-state index contributed by atoms with van der Waals surface area (Å²) in [4.78, 5) is 45.0. The molecule has 42 heavy (non-hydrogen) atoms. The van der Waals surface area contributed by atoms with E-state index in [1.807, 2.05) is 0 Å². The lowest BCUT2D eigenvalue weighted by molar-refractivity contribution is -0.0547. The number of H-pyrrole nitrogens is 1. The lowest BCUT2D eigenvalue weighted by Crippen LogP contribution is -2.35. The number of imidazole rings is 2. The van der Waals surface area contributed by atoms with Crippen molar-refractivity contribution in [2.45, 2.75) is 49.1 Å². The molecule has 6 rings (SSSR count). The van der Waals surface area contributed by atoms with Gasteiger partial charge in [0.1, 0.15) is 42.4 Å². The Bertz CT molecular complexity index is 1740. The number of aromatic nitrogens is 8. The van der Waals surface area contributed by atoms with E-state index in [0.717, 1.165) is 0 Å². The van der Waals surface area contributed by atoms with Crippen LogP contribution in [-0.2, 0) is 30.3 Å². The molecule has 22 heteroatoms. The van der Waals surface area contributed by atoms with Crippen LogP contribution in [0.15, 0.2) is 23.8 Å². The van der Waals surface area contributed by atoms with Gasteiger partial charge < -0.3 is 45.7 Å². The molecule has 2 saturated heterocycles. The van der Waals surface area contributed by atoms with Crippen LogP contribution in [0, 0.1) is 0 Å². The normalized spacial score (nSPS) is 31.3. The molecule has 4 aromatic rings. The monoisotopic (exact) mass is 630 g/mol. The van der Waals surface area contributed by atoms with Crippen molar-refractivity contribution >= 4 is 52.6 Å². The fourth-order valence-corrected chi connectivity index (χ4v) is 6.26. The molecule has 4 aromatic heterocycles. The van der Waals surface area contributed by atoms with E-state index in [1.165, 1.54) is 28.1 Å². The molecule has 0 spiro atoms. The van der Waals surface area contributed by atoms with Crippen molar-refractivity contribution in [1.82, 2.24) is 39.0 Å². The number of nitrogen functional groups attached to an aromatic ring is 2. The van der Waals surface area contributed by atoms with Gasteiger partial charge in [-0.2, -0.15) is 4.98 Å².